The summed E-state index contributed by atoms with van der Waals surface area (Å²) in [4.78, 5) is 15.3. The molecule has 0 radical (unpaired) electrons. The molecule has 1 aromatic heterocycles. The number of H-pyrrole nitrogens is 1. The molecule has 3 rings (SSSR count). The van der Waals surface area contributed by atoms with E-state index in [9.17, 15) is 18.0 Å². The van der Waals surface area contributed by atoms with E-state index in [1.807, 2.05) is 0 Å². The zero-order valence-corrected chi connectivity index (χ0v) is 16.6. The third kappa shape index (κ3) is 4.11. The van der Waals surface area contributed by atoms with Crippen LogP contribution in [0.3, 0.4) is 0 Å². The average Bonchev–Trinajstić information content (AvgIpc) is 2.93. The zero-order valence-electron chi connectivity index (χ0n) is 14.1. The van der Waals surface area contributed by atoms with Crippen molar-refractivity contribution in [2.45, 2.75) is 50.2 Å². The first-order valence-electron chi connectivity index (χ1n) is 8.25. The minimum absolute atomic E-state index is 0.147. The summed E-state index contributed by atoms with van der Waals surface area (Å²) in [5, 5.41) is 3.58. The second-order valence-corrected chi connectivity index (χ2v) is 13.7. The maximum atomic E-state index is 12.9. The van der Waals surface area contributed by atoms with Crippen molar-refractivity contribution in [1.29, 1.82) is 0 Å². The number of halogens is 4. The van der Waals surface area contributed by atoms with Gasteiger partial charge in [-0.15, -0.1) is 0 Å². The van der Waals surface area contributed by atoms with Crippen LogP contribution >= 0.6 is 15.9 Å². The quantitative estimate of drug-likeness (QED) is 0.600. The Labute approximate surface area is 153 Å². The van der Waals surface area contributed by atoms with Crippen LogP contribution in [-0.4, -0.2) is 25.0 Å². The normalized spacial score (nSPS) is 18.5. The van der Waals surface area contributed by atoms with E-state index in [-0.39, 0.29) is 17.6 Å². The van der Waals surface area contributed by atoms with E-state index in [0.29, 0.717) is 15.4 Å². The van der Waals surface area contributed by atoms with Crippen molar-refractivity contribution < 1.29 is 18.0 Å². The van der Waals surface area contributed by atoms with Crippen LogP contribution in [0.1, 0.15) is 28.9 Å². The number of fused-ring (bicyclic) bond motifs is 1. The molecule has 1 aliphatic rings. The highest BCUT2D eigenvalue weighted by Crippen LogP contribution is 2.35. The Bertz CT molecular complexity index is 806. The summed E-state index contributed by atoms with van der Waals surface area (Å²) in [5.41, 5.74) is -0.165. The highest BCUT2D eigenvalue weighted by atomic mass is 79.9. The number of nitrogens with one attached hydrogen (secondary N) is 2. The van der Waals surface area contributed by atoms with E-state index >= 15 is 0 Å². The van der Waals surface area contributed by atoms with Gasteiger partial charge in [-0.3, -0.25) is 4.79 Å². The molecule has 1 aliphatic heterocycles. The lowest BCUT2D eigenvalue weighted by Crippen LogP contribution is -2.42. The van der Waals surface area contributed by atoms with Crippen LogP contribution in [0.5, 0.6) is 0 Å². The van der Waals surface area contributed by atoms with Gasteiger partial charge in [0, 0.05) is 29.5 Å². The maximum absolute atomic E-state index is 12.9. The van der Waals surface area contributed by atoms with E-state index < -0.39 is 19.8 Å². The summed E-state index contributed by atoms with van der Waals surface area (Å²) in [6, 6.07) is 6.18. The highest BCUT2D eigenvalue weighted by molar-refractivity contribution is 9.10. The number of carbonyl (C=O) groups is 1. The molecule has 2 heterocycles. The number of amides is 1. The van der Waals surface area contributed by atoms with Crippen LogP contribution in [0, 0.1) is 0 Å². The number of carbonyl (C=O) groups excluding carboxylic acids is 1. The number of rotatable bonds is 2. The van der Waals surface area contributed by atoms with Crippen molar-refractivity contribution in [2.24, 2.45) is 0 Å². The molecule has 25 heavy (non-hydrogen) atoms. The fraction of sp³-hybridized carbons (Fsp3) is 0.471. The zero-order chi connectivity index (χ0) is 18.4. The Balaban J connectivity index is 1.80. The molecule has 0 unspecified atom stereocenters. The third-order valence-corrected chi connectivity index (χ3v) is 8.87. The minimum atomic E-state index is -4.43. The largest absolute Gasteiger partial charge is 0.416 e. The monoisotopic (exact) mass is 432 g/mol. The molecule has 1 aromatic carbocycles. The molecular weight excluding hydrogens is 413 g/mol. The standard InChI is InChI=1S/C17H20BrF3N2OSi/c1-25(2)5-3-11(4-6-25)22-16(24)15-9-12-13(18)7-10(17(19,20)21)8-14(12)23-15/h7-9,11,23H,3-6H2,1-2H3,(H,22,24). The molecule has 2 aromatic rings. The number of hydrogen-bond acceptors (Lipinski definition) is 1. The predicted octanol–water partition coefficient (Wildman–Crippen LogP) is 5.55. The third-order valence-electron chi connectivity index (χ3n) is 4.93. The molecule has 0 bridgehead atoms. The Kier molecular flexibility index (Phi) is 4.78. The highest BCUT2D eigenvalue weighted by Gasteiger charge is 2.32. The topological polar surface area (TPSA) is 44.9 Å². The summed E-state index contributed by atoms with van der Waals surface area (Å²) in [5.74, 6) is -0.261. The van der Waals surface area contributed by atoms with Crippen molar-refractivity contribution in [2.75, 3.05) is 0 Å². The molecule has 2 N–H and O–H groups in total. The molecule has 0 aliphatic carbocycles. The number of aromatic amines is 1. The van der Waals surface area contributed by atoms with Crippen molar-refractivity contribution in [3.8, 4) is 0 Å². The van der Waals surface area contributed by atoms with Gasteiger partial charge in [-0.1, -0.05) is 41.1 Å². The first kappa shape index (κ1) is 18.5. The first-order valence-corrected chi connectivity index (χ1v) is 12.5. The van der Waals surface area contributed by atoms with Gasteiger partial charge in [-0.2, -0.15) is 13.2 Å². The molecular formula is C17H20BrF3N2OSi. The van der Waals surface area contributed by atoms with Crippen molar-refractivity contribution in [1.82, 2.24) is 10.3 Å². The van der Waals surface area contributed by atoms with E-state index in [2.05, 4.69) is 39.3 Å². The van der Waals surface area contributed by atoms with Crippen molar-refractivity contribution in [3.63, 3.8) is 0 Å². The molecule has 1 saturated heterocycles. The van der Waals surface area contributed by atoms with Crippen LogP contribution in [0.4, 0.5) is 13.2 Å². The fourth-order valence-electron chi connectivity index (χ4n) is 3.29. The summed E-state index contributed by atoms with van der Waals surface area (Å²) in [7, 11) is -1.09. The van der Waals surface area contributed by atoms with Gasteiger partial charge in [0.25, 0.3) is 5.91 Å². The van der Waals surface area contributed by atoms with Crippen molar-refractivity contribution in [3.05, 3.63) is 33.9 Å². The molecule has 0 atom stereocenters. The Morgan fingerprint density at radius 2 is 1.88 bits per heavy atom. The van der Waals surface area contributed by atoms with E-state index in [0.717, 1.165) is 25.0 Å². The number of benzene rings is 1. The molecule has 0 spiro atoms. The van der Waals surface area contributed by atoms with E-state index in [1.165, 1.54) is 12.1 Å². The lowest BCUT2D eigenvalue weighted by atomic mass is 10.1. The molecule has 1 amide bonds. The molecule has 1 fully saturated rings. The van der Waals surface area contributed by atoms with Gasteiger partial charge in [0.15, 0.2) is 0 Å². The van der Waals surface area contributed by atoms with Crippen LogP contribution in [0.25, 0.3) is 10.9 Å². The fourth-order valence-corrected chi connectivity index (χ4v) is 6.37. The molecule has 8 heteroatoms. The summed E-state index contributed by atoms with van der Waals surface area (Å²) >= 11 is 3.17. The van der Waals surface area contributed by atoms with Crippen LogP contribution in [0.15, 0.2) is 22.7 Å². The maximum Gasteiger partial charge on any atom is 0.416 e. The van der Waals surface area contributed by atoms with Gasteiger partial charge < -0.3 is 10.3 Å². The van der Waals surface area contributed by atoms with Gasteiger partial charge in [0.2, 0.25) is 0 Å². The summed E-state index contributed by atoms with van der Waals surface area (Å²) in [6.45, 7) is 4.72. The van der Waals surface area contributed by atoms with E-state index in [1.54, 1.807) is 6.07 Å². The second kappa shape index (κ2) is 6.46. The van der Waals surface area contributed by atoms with Gasteiger partial charge in [-0.05, 0) is 31.0 Å². The molecule has 3 nitrogen and oxygen atoms in total. The van der Waals surface area contributed by atoms with Crippen LogP contribution in [-0.2, 0) is 6.18 Å². The lowest BCUT2D eigenvalue weighted by molar-refractivity contribution is -0.137. The summed E-state index contributed by atoms with van der Waals surface area (Å²) < 4.78 is 39.1. The van der Waals surface area contributed by atoms with Gasteiger partial charge >= 0.3 is 6.18 Å². The van der Waals surface area contributed by atoms with Gasteiger partial charge in [-0.25, -0.2) is 0 Å². The van der Waals surface area contributed by atoms with Crippen LogP contribution in [0.2, 0.25) is 25.2 Å². The number of aromatic nitrogens is 1. The smallest absolute Gasteiger partial charge is 0.350 e. The van der Waals surface area contributed by atoms with Crippen LogP contribution < -0.4 is 5.32 Å². The Morgan fingerprint density at radius 3 is 2.48 bits per heavy atom. The second-order valence-electron chi connectivity index (χ2n) is 7.51. The SMILES string of the molecule is C[Si]1(C)CCC(NC(=O)c2cc3c(Br)cc(C(F)(F)F)cc3[nH]2)CC1. The molecule has 0 saturated carbocycles. The van der Waals surface area contributed by atoms with Gasteiger partial charge in [0.05, 0.1) is 5.56 Å². The van der Waals surface area contributed by atoms with E-state index in [4.69, 9.17) is 0 Å². The first-order chi connectivity index (χ1) is 11.5. The number of hydrogen-bond donors (Lipinski definition) is 2. The Hall–Kier alpha value is -1.28. The predicted molar refractivity (Wildman–Crippen MR) is 98.6 cm³/mol. The Morgan fingerprint density at radius 1 is 1.24 bits per heavy atom. The molecule has 136 valence electrons. The number of alkyl halides is 3. The average molecular weight is 433 g/mol. The lowest BCUT2D eigenvalue weighted by Gasteiger charge is -2.33. The summed E-state index contributed by atoms with van der Waals surface area (Å²) in [6.07, 6.45) is -2.47. The van der Waals surface area contributed by atoms with Crippen molar-refractivity contribution >= 4 is 40.8 Å². The van der Waals surface area contributed by atoms with Gasteiger partial charge in [0.1, 0.15) is 5.69 Å². The minimum Gasteiger partial charge on any atom is -0.350 e.